The highest BCUT2D eigenvalue weighted by Crippen LogP contribution is 2.15. The molecule has 3 rings (SSSR count). The van der Waals surface area contributed by atoms with Gasteiger partial charge in [-0.3, -0.25) is 4.79 Å². The summed E-state index contributed by atoms with van der Waals surface area (Å²) in [7, 11) is 1.67. The molecule has 0 spiro atoms. The molecule has 0 unspecified atom stereocenters. The quantitative estimate of drug-likeness (QED) is 0.747. The standard InChI is InChI=1S/C17H15FN4O/c1-12-19-16(17(23)21(2)14-6-4-3-5-7-14)20-22(12)15-10-8-13(18)9-11-15/h3-11H,1-2H3. The summed E-state index contributed by atoms with van der Waals surface area (Å²) in [4.78, 5) is 18.2. The number of aryl methyl sites for hydroxylation is 1. The lowest BCUT2D eigenvalue weighted by Gasteiger charge is -2.14. The van der Waals surface area contributed by atoms with Gasteiger partial charge in [0.25, 0.3) is 5.91 Å². The van der Waals surface area contributed by atoms with E-state index < -0.39 is 0 Å². The Labute approximate surface area is 133 Å². The fraction of sp³-hybridized carbons (Fsp3) is 0.118. The Balaban J connectivity index is 1.91. The number of benzene rings is 2. The van der Waals surface area contributed by atoms with Crippen LogP contribution >= 0.6 is 0 Å². The molecule has 2 aromatic carbocycles. The van der Waals surface area contributed by atoms with Crippen molar-refractivity contribution < 1.29 is 9.18 Å². The summed E-state index contributed by atoms with van der Waals surface area (Å²) >= 11 is 0. The number of hydrogen-bond donors (Lipinski definition) is 0. The second-order valence-electron chi connectivity index (χ2n) is 5.07. The zero-order chi connectivity index (χ0) is 16.4. The van der Waals surface area contributed by atoms with Gasteiger partial charge in [-0.2, -0.15) is 0 Å². The van der Waals surface area contributed by atoms with Crippen molar-refractivity contribution in [2.24, 2.45) is 0 Å². The molecule has 0 aliphatic rings. The van der Waals surface area contributed by atoms with Gasteiger partial charge >= 0.3 is 0 Å². The Morgan fingerprint density at radius 3 is 2.39 bits per heavy atom. The lowest BCUT2D eigenvalue weighted by Crippen LogP contribution is -2.27. The molecule has 23 heavy (non-hydrogen) atoms. The summed E-state index contributed by atoms with van der Waals surface area (Å²) in [6.45, 7) is 1.75. The molecular formula is C17H15FN4O. The van der Waals surface area contributed by atoms with Crippen LogP contribution in [0, 0.1) is 12.7 Å². The van der Waals surface area contributed by atoms with E-state index in [2.05, 4.69) is 10.1 Å². The highest BCUT2D eigenvalue weighted by molar-refractivity contribution is 6.03. The first-order valence-corrected chi connectivity index (χ1v) is 7.09. The van der Waals surface area contributed by atoms with Gasteiger partial charge in [0.05, 0.1) is 5.69 Å². The van der Waals surface area contributed by atoms with E-state index >= 15 is 0 Å². The fourth-order valence-corrected chi connectivity index (χ4v) is 2.23. The molecule has 1 heterocycles. The number of halogens is 1. The van der Waals surface area contributed by atoms with Crippen molar-refractivity contribution in [1.29, 1.82) is 0 Å². The summed E-state index contributed by atoms with van der Waals surface area (Å²) in [6, 6.07) is 15.1. The number of aromatic nitrogens is 3. The predicted molar refractivity (Wildman–Crippen MR) is 85.2 cm³/mol. The van der Waals surface area contributed by atoms with Gasteiger partial charge in [-0.1, -0.05) is 18.2 Å². The van der Waals surface area contributed by atoms with E-state index in [1.54, 1.807) is 26.1 Å². The first-order valence-electron chi connectivity index (χ1n) is 7.09. The first kappa shape index (κ1) is 14.9. The summed E-state index contributed by atoms with van der Waals surface area (Å²) < 4.78 is 14.5. The molecule has 116 valence electrons. The number of carbonyl (C=O) groups is 1. The van der Waals surface area contributed by atoms with Crippen molar-refractivity contribution >= 4 is 11.6 Å². The monoisotopic (exact) mass is 310 g/mol. The van der Waals surface area contributed by atoms with E-state index in [9.17, 15) is 9.18 Å². The van der Waals surface area contributed by atoms with Crippen LogP contribution in [0.1, 0.15) is 16.4 Å². The van der Waals surface area contributed by atoms with Gasteiger partial charge in [-0.25, -0.2) is 14.1 Å². The predicted octanol–water partition coefficient (Wildman–Crippen LogP) is 2.99. The van der Waals surface area contributed by atoms with Crippen molar-refractivity contribution in [2.75, 3.05) is 11.9 Å². The molecule has 0 aliphatic carbocycles. The topological polar surface area (TPSA) is 51.0 Å². The van der Waals surface area contributed by atoms with E-state index in [4.69, 9.17) is 0 Å². The maximum Gasteiger partial charge on any atom is 0.297 e. The second-order valence-corrected chi connectivity index (χ2v) is 5.07. The highest BCUT2D eigenvalue weighted by atomic mass is 19.1. The van der Waals surface area contributed by atoms with Gasteiger partial charge in [-0.05, 0) is 43.3 Å². The molecule has 6 heteroatoms. The van der Waals surface area contributed by atoms with Crippen LogP contribution in [0.5, 0.6) is 0 Å². The van der Waals surface area contributed by atoms with Gasteiger partial charge in [0.15, 0.2) is 0 Å². The van der Waals surface area contributed by atoms with Crippen LogP contribution in [0.3, 0.4) is 0 Å². The highest BCUT2D eigenvalue weighted by Gasteiger charge is 2.20. The Hall–Kier alpha value is -3.02. The summed E-state index contributed by atoms with van der Waals surface area (Å²) in [5, 5.41) is 4.25. The molecule has 0 saturated carbocycles. The molecular weight excluding hydrogens is 295 g/mol. The third-order valence-electron chi connectivity index (χ3n) is 3.48. The zero-order valence-corrected chi connectivity index (χ0v) is 12.8. The van der Waals surface area contributed by atoms with Crippen molar-refractivity contribution in [1.82, 2.24) is 14.8 Å². The van der Waals surface area contributed by atoms with Crippen LogP contribution in [0.25, 0.3) is 5.69 Å². The van der Waals surface area contributed by atoms with E-state index in [0.29, 0.717) is 11.5 Å². The van der Waals surface area contributed by atoms with Crippen LogP contribution in [-0.2, 0) is 0 Å². The molecule has 0 bridgehead atoms. The number of hydrogen-bond acceptors (Lipinski definition) is 3. The number of nitrogens with zero attached hydrogens (tertiary/aromatic N) is 4. The Morgan fingerprint density at radius 2 is 1.74 bits per heavy atom. The largest absolute Gasteiger partial charge is 0.309 e. The maximum absolute atomic E-state index is 13.0. The van der Waals surface area contributed by atoms with E-state index in [1.807, 2.05) is 30.3 Å². The van der Waals surface area contributed by atoms with Crippen LogP contribution in [0.15, 0.2) is 54.6 Å². The van der Waals surface area contributed by atoms with Crippen LogP contribution in [-0.4, -0.2) is 27.7 Å². The van der Waals surface area contributed by atoms with Gasteiger partial charge in [-0.15, -0.1) is 5.10 Å². The van der Waals surface area contributed by atoms with Crippen LogP contribution in [0.4, 0.5) is 10.1 Å². The molecule has 0 radical (unpaired) electrons. The lowest BCUT2D eigenvalue weighted by atomic mass is 10.3. The normalized spacial score (nSPS) is 10.6. The van der Waals surface area contributed by atoms with Crippen molar-refractivity contribution in [2.45, 2.75) is 6.92 Å². The van der Waals surface area contributed by atoms with Gasteiger partial charge in [0, 0.05) is 12.7 Å². The Morgan fingerprint density at radius 1 is 1.09 bits per heavy atom. The number of anilines is 1. The number of para-hydroxylation sites is 1. The minimum absolute atomic E-state index is 0.0955. The second kappa shape index (κ2) is 6.00. The molecule has 3 aromatic rings. The van der Waals surface area contributed by atoms with E-state index in [0.717, 1.165) is 5.69 Å². The summed E-state index contributed by atoms with van der Waals surface area (Å²) in [6.07, 6.45) is 0. The molecule has 1 aromatic heterocycles. The molecule has 5 nitrogen and oxygen atoms in total. The first-order chi connectivity index (χ1) is 11.1. The zero-order valence-electron chi connectivity index (χ0n) is 12.8. The molecule has 0 saturated heterocycles. The van der Waals surface area contributed by atoms with Crippen LogP contribution < -0.4 is 4.90 Å². The lowest BCUT2D eigenvalue weighted by molar-refractivity contribution is 0.0983. The third-order valence-corrected chi connectivity index (χ3v) is 3.48. The average Bonchev–Trinajstić information content (AvgIpc) is 2.97. The van der Waals surface area contributed by atoms with Gasteiger partial charge in [0.1, 0.15) is 11.6 Å². The van der Waals surface area contributed by atoms with Crippen molar-refractivity contribution in [3.63, 3.8) is 0 Å². The van der Waals surface area contributed by atoms with E-state index in [-0.39, 0.29) is 17.5 Å². The SMILES string of the molecule is Cc1nc(C(=O)N(C)c2ccccc2)nn1-c1ccc(F)cc1. The molecule has 0 N–H and O–H groups in total. The average molecular weight is 310 g/mol. The number of carbonyl (C=O) groups excluding carboxylic acids is 1. The summed E-state index contributed by atoms with van der Waals surface area (Å²) in [5.41, 5.74) is 1.41. The Kier molecular flexibility index (Phi) is 3.89. The smallest absolute Gasteiger partial charge is 0.297 e. The van der Waals surface area contributed by atoms with Gasteiger partial charge < -0.3 is 4.90 Å². The minimum atomic E-state index is -0.327. The fourth-order valence-electron chi connectivity index (χ4n) is 2.23. The van der Waals surface area contributed by atoms with Gasteiger partial charge in [0.2, 0.25) is 5.82 Å². The van der Waals surface area contributed by atoms with Crippen LogP contribution in [0.2, 0.25) is 0 Å². The molecule has 0 fully saturated rings. The maximum atomic E-state index is 13.0. The van der Waals surface area contributed by atoms with Crippen molar-refractivity contribution in [3.05, 3.63) is 72.1 Å². The number of amides is 1. The van der Waals surface area contributed by atoms with Crippen molar-refractivity contribution in [3.8, 4) is 5.69 Å². The minimum Gasteiger partial charge on any atom is -0.309 e. The number of rotatable bonds is 3. The molecule has 0 aliphatic heterocycles. The molecule has 0 atom stereocenters. The van der Waals surface area contributed by atoms with E-state index in [1.165, 1.54) is 21.7 Å². The summed E-state index contributed by atoms with van der Waals surface area (Å²) in [5.74, 6) is 0.0198. The molecule has 1 amide bonds. The Bertz CT molecular complexity index is 828. The third kappa shape index (κ3) is 2.96.